The summed E-state index contributed by atoms with van der Waals surface area (Å²) in [5.74, 6) is 0.451. The van der Waals surface area contributed by atoms with E-state index in [1.54, 1.807) is 11.3 Å². The van der Waals surface area contributed by atoms with E-state index >= 15 is 0 Å². The van der Waals surface area contributed by atoms with Gasteiger partial charge in [0.05, 0.1) is 10.9 Å². The fraction of sp³-hybridized carbons (Fsp3) is 0.733. The number of ether oxygens (including phenoxy) is 1. The summed E-state index contributed by atoms with van der Waals surface area (Å²) in [5, 5.41) is 3.43. The van der Waals surface area contributed by atoms with Gasteiger partial charge < -0.3 is 10.1 Å². The van der Waals surface area contributed by atoms with Crippen LogP contribution in [0.5, 0.6) is 0 Å². The normalized spacial score (nSPS) is 26.4. The average Bonchev–Trinajstić information content (AvgIpc) is 2.72. The van der Waals surface area contributed by atoms with Crippen molar-refractivity contribution in [2.24, 2.45) is 5.41 Å². The van der Waals surface area contributed by atoms with Crippen LogP contribution in [0.15, 0.2) is 6.07 Å². The summed E-state index contributed by atoms with van der Waals surface area (Å²) in [5.41, 5.74) is 1.59. The quantitative estimate of drug-likeness (QED) is 0.777. The number of rotatable bonds is 0. The van der Waals surface area contributed by atoms with Crippen LogP contribution in [-0.4, -0.2) is 19.7 Å². The van der Waals surface area contributed by atoms with Crippen molar-refractivity contribution in [2.45, 2.75) is 45.1 Å². The molecule has 2 aliphatic rings. The van der Waals surface area contributed by atoms with Crippen molar-refractivity contribution in [1.82, 2.24) is 5.32 Å². The molecule has 0 bridgehead atoms. The monoisotopic (exact) mass is 299 g/mol. The first kappa shape index (κ1) is 13.9. The lowest BCUT2D eigenvalue weighted by atomic mass is 9.72. The van der Waals surface area contributed by atoms with E-state index in [9.17, 15) is 0 Å². The molecule has 1 unspecified atom stereocenters. The van der Waals surface area contributed by atoms with Gasteiger partial charge in [-0.15, -0.1) is 11.3 Å². The second-order valence-electron chi connectivity index (χ2n) is 6.81. The molecule has 3 heterocycles. The van der Waals surface area contributed by atoms with Gasteiger partial charge in [0.15, 0.2) is 0 Å². The van der Waals surface area contributed by atoms with Gasteiger partial charge in [0.2, 0.25) is 0 Å². The molecular weight excluding hydrogens is 278 g/mol. The smallest absolute Gasteiger partial charge is 0.105 e. The highest BCUT2D eigenvalue weighted by Crippen LogP contribution is 2.52. The molecule has 2 aliphatic heterocycles. The van der Waals surface area contributed by atoms with Gasteiger partial charge in [-0.2, -0.15) is 0 Å². The molecule has 0 amide bonds. The van der Waals surface area contributed by atoms with Crippen molar-refractivity contribution in [3.63, 3.8) is 0 Å². The number of nitrogens with one attached hydrogen (secondary N) is 1. The molecule has 1 saturated heterocycles. The minimum atomic E-state index is -0.0693. The number of fused-ring (bicyclic) bond motifs is 2. The fourth-order valence-electron chi connectivity index (χ4n) is 3.31. The maximum Gasteiger partial charge on any atom is 0.105 e. The number of hydrogen-bond donors (Lipinski definition) is 1. The highest BCUT2D eigenvalue weighted by atomic mass is 35.5. The molecule has 0 aromatic carbocycles. The van der Waals surface area contributed by atoms with Crippen LogP contribution >= 0.6 is 22.9 Å². The first-order valence-corrected chi connectivity index (χ1v) is 8.26. The summed E-state index contributed by atoms with van der Waals surface area (Å²) in [4.78, 5) is 1.39. The van der Waals surface area contributed by atoms with Crippen molar-refractivity contribution in [2.75, 3.05) is 19.7 Å². The third kappa shape index (κ3) is 2.35. The van der Waals surface area contributed by atoms with Crippen molar-refractivity contribution in [3.8, 4) is 0 Å². The number of hydrogen-bond acceptors (Lipinski definition) is 3. The third-order valence-electron chi connectivity index (χ3n) is 4.50. The van der Waals surface area contributed by atoms with Crippen molar-refractivity contribution < 1.29 is 4.74 Å². The van der Waals surface area contributed by atoms with Crippen LogP contribution in [0, 0.1) is 5.41 Å². The predicted molar refractivity (Wildman–Crippen MR) is 81.3 cm³/mol. The first-order chi connectivity index (χ1) is 8.92. The molecule has 19 heavy (non-hydrogen) atoms. The Morgan fingerprint density at radius 3 is 2.68 bits per heavy atom. The minimum Gasteiger partial charge on any atom is -0.369 e. The standard InChI is InChI=1S/C15H22ClNOS/c1-14(2,3)11-9-18-15(4-6-17-7-5-15)13-10(11)8-12(16)19-13/h8,11,17H,4-7,9H2,1-3H3. The van der Waals surface area contributed by atoms with Crippen LogP contribution in [0.1, 0.15) is 50.0 Å². The topological polar surface area (TPSA) is 21.3 Å². The van der Waals surface area contributed by atoms with E-state index in [-0.39, 0.29) is 11.0 Å². The molecule has 1 fully saturated rings. The Morgan fingerprint density at radius 2 is 2.05 bits per heavy atom. The minimum absolute atomic E-state index is 0.0693. The van der Waals surface area contributed by atoms with Crippen molar-refractivity contribution >= 4 is 22.9 Å². The highest BCUT2D eigenvalue weighted by molar-refractivity contribution is 7.16. The molecule has 1 atom stereocenters. The molecule has 3 rings (SSSR count). The highest BCUT2D eigenvalue weighted by Gasteiger charge is 2.45. The lowest BCUT2D eigenvalue weighted by Gasteiger charge is -2.45. The van der Waals surface area contributed by atoms with Crippen LogP contribution in [-0.2, 0) is 10.3 Å². The maximum atomic E-state index is 6.40. The summed E-state index contributed by atoms with van der Waals surface area (Å²) in [7, 11) is 0. The van der Waals surface area contributed by atoms with Gasteiger partial charge in [0.1, 0.15) is 5.60 Å². The van der Waals surface area contributed by atoms with E-state index in [2.05, 4.69) is 32.2 Å². The average molecular weight is 300 g/mol. The Kier molecular flexibility index (Phi) is 3.45. The van der Waals surface area contributed by atoms with Gasteiger partial charge in [0.25, 0.3) is 0 Å². The zero-order chi connectivity index (χ0) is 13.7. The molecule has 1 aromatic rings. The number of halogens is 1. The van der Waals surface area contributed by atoms with Crippen LogP contribution in [0.25, 0.3) is 0 Å². The van der Waals surface area contributed by atoms with E-state index in [0.717, 1.165) is 36.9 Å². The van der Waals surface area contributed by atoms with E-state index < -0.39 is 0 Å². The second kappa shape index (κ2) is 4.73. The van der Waals surface area contributed by atoms with Crippen LogP contribution in [0.3, 0.4) is 0 Å². The van der Waals surface area contributed by atoms with E-state index in [1.165, 1.54) is 10.4 Å². The van der Waals surface area contributed by atoms with Gasteiger partial charge >= 0.3 is 0 Å². The largest absolute Gasteiger partial charge is 0.369 e. The van der Waals surface area contributed by atoms with E-state index in [1.807, 2.05) is 0 Å². The molecule has 0 aliphatic carbocycles. The molecule has 1 N–H and O–H groups in total. The maximum absolute atomic E-state index is 6.40. The number of piperidine rings is 1. The van der Waals surface area contributed by atoms with Crippen molar-refractivity contribution in [1.29, 1.82) is 0 Å². The van der Waals surface area contributed by atoms with Gasteiger partial charge in [0, 0.05) is 10.8 Å². The molecule has 0 saturated carbocycles. The lowest BCUT2D eigenvalue weighted by molar-refractivity contribution is -0.0961. The molecule has 2 nitrogen and oxygen atoms in total. The summed E-state index contributed by atoms with van der Waals surface area (Å²) >= 11 is 8.04. The van der Waals surface area contributed by atoms with Crippen LogP contribution in [0.4, 0.5) is 0 Å². The first-order valence-electron chi connectivity index (χ1n) is 7.07. The van der Waals surface area contributed by atoms with E-state index in [4.69, 9.17) is 16.3 Å². The number of thiophene rings is 1. The molecule has 0 radical (unpaired) electrons. The predicted octanol–water partition coefficient (Wildman–Crippen LogP) is 4.14. The Hall–Kier alpha value is -0.0900. The summed E-state index contributed by atoms with van der Waals surface area (Å²) in [6.45, 7) is 9.76. The van der Waals surface area contributed by atoms with Crippen molar-refractivity contribution in [3.05, 3.63) is 20.8 Å². The third-order valence-corrected chi connectivity index (χ3v) is 5.97. The molecular formula is C15H22ClNOS. The molecule has 1 aromatic heterocycles. The lowest BCUT2D eigenvalue weighted by Crippen LogP contribution is -2.46. The van der Waals surface area contributed by atoms with E-state index in [0.29, 0.717) is 5.92 Å². The summed E-state index contributed by atoms with van der Waals surface area (Å²) in [6, 6.07) is 2.18. The van der Waals surface area contributed by atoms with Gasteiger partial charge in [-0.05, 0) is 43.0 Å². The zero-order valence-electron chi connectivity index (χ0n) is 11.9. The van der Waals surface area contributed by atoms with Crippen LogP contribution in [0.2, 0.25) is 4.34 Å². The molecule has 4 heteroatoms. The molecule has 106 valence electrons. The Morgan fingerprint density at radius 1 is 1.37 bits per heavy atom. The second-order valence-corrected chi connectivity index (χ2v) is 8.49. The Bertz CT molecular complexity index is 471. The van der Waals surface area contributed by atoms with Gasteiger partial charge in [-0.3, -0.25) is 0 Å². The fourth-order valence-corrected chi connectivity index (χ4v) is 4.80. The Labute approximate surface area is 124 Å². The molecule has 1 spiro atoms. The summed E-state index contributed by atoms with van der Waals surface area (Å²) in [6.07, 6.45) is 2.13. The Balaban J connectivity index is 2.05. The van der Waals surface area contributed by atoms with Crippen LogP contribution < -0.4 is 5.32 Å². The zero-order valence-corrected chi connectivity index (χ0v) is 13.5. The summed E-state index contributed by atoms with van der Waals surface area (Å²) < 4.78 is 7.30. The van der Waals surface area contributed by atoms with Gasteiger partial charge in [-0.25, -0.2) is 0 Å². The van der Waals surface area contributed by atoms with Gasteiger partial charge in [-0.1, -0.05) is 32.4 Å². The SMILES string of the molecule is CC(C)(C)C1COC2(CCNCC2)c2sc(Cl)cc21.